The van der Waals surface area contributed by atoms with E-state index in [-0.39, 0.29) is 9.79 Å². The molecule has 3 aromatic heterocycles. The number of sulfonamides is 1. The van der Waals surface area contributed by atoms with Gasteiger partial charge in [-0.05, 0) is 24.3 Å². The van der Waals surface area contributed by atoms with Crippen molar-refractivity contribution < 1.29 is 17.3 Å². The van der Waals surface area contributed by atoms with E-state index in [9.17, 15) is 8.42 Å². The maximum atomic E-state index is 11.6. The zero-order valence-electron chi connectivity index (χ0n) is 10.4. The van der Waals surface area contributed by atoms with Crippen LogP contribution in [0.3, 0.4) is 0 Å². The van der Waals surface area contributed by atoms with Crippen LogP contribution in [-0.2, 0) is 10.0 Å². The summed E-state index contributed by atoms with van der Waals surface area (Å²) in [5, 5.41) is 0.257. The third-order valence-corrected chi connectivity index (χ3v) is 6.23. The Morgan fingerprint density at radius 3 is 2.43 bits per heavy atom. The molecule has 0 saturated carbocycles. The number of nitrogens with zero attached hydrogens (tertiary/aromatic N) is 1. The number of rotatable bonds is 5. The molecule has 3 aromatic rings. The molecule has 9 heteroatoms. The largest absolute Gasteiger partial charge is 0.463 e. The Hall–Kier alpha value is -1.58. The van der Waals surface area contributed by atoms with Gasteiger partial charge in [-0.2, -0.15) is 0 Å². The lowest BCUT2D eigenvalue weighted by Gasteiger charge is -1.99. The van der Waals surface area contributed by atoms with Gasteiger partial charge in [0.2, 0.25) is 10.0 Å². The number of aromatic nitrogens is 1. The van der Waals surface area contributed by atoms with Gasteiger partial charge in [-0.3, -0.25) is 4.72 Å². The summed E-state index contributed by atoms with van der Waals surface area (Å²) in [4.78, 5) is 4.99. The molecule has 0 aromatic carbocycles. The molecule has 0 spiro atoms. The van der Waals surface area contributed by atoms with Crippen molar-refractivity contribution in [1.82, 2.24) is 4.98 Å². The summed E-state index contributed by atoms with van der Waals surface area (Å²) in [5.41, 5.74) is 0.534. The highest BCUT2D eigenvalue weighted by Crippen LogP contribution is 2.39. The smallest absolute Gasteiger partial charge is 0.244 e. The highest BCUT2D eigenvalue weighted by Gasteiger charge is 2.21. The minimum absolute atomic E-state index is 0.203. The molecular formula is C12H9BrN2O4S2. The van der Waals surface area contributed by atoms with Gasteiger partial charge in [0.05, 0.1) is 12.5 Å². The van der Waals surface area contributed by atoms with Crippen LogP contribution in [0.4, 0.5) is 5.13 Å². The zero-order valence-corrected chi connectivity index (χ0v) is 13.7. The van der Waals surface area contributed by atoms with Crippen LogP contribution in [0.1, 0.15) is 0 Å². The van der Waals surface area contributed by atoms with Crippen molar-refractivity contribution in [2.75, 3.05) is 9.38 Å². The first-order chi connectivity index (χ1) is 10.1. The molecule has 0 atom stereocenters. The second kappa shape index (κ2) is 5.66. The second-order valence-corrected chi connectivity index (χ2v) is 8.00. The minimum Gasteiger partial charge on any atom is -0.463 e. The maximum Gasteiger partial charge on any atom is 0.244 e. The molecule has 0 amide bonds. The zero-order chi connectivity index (χ0) is 14.9. The predicted octanol–water partition coefficient (Wildman–Crippen LogP) is 3.76. The molecule has 0 bridgehead atoms. The van der Waals surface area contributed by atoms with Crippen LogP contribution in [0, 0.1) is 0 Å². The van der Waals surface area contributed by atoms with Crippen molar-refractivity contribution in [3.63, 3.8) is 0 Å². The van der Waals surface area contributed by atoms with E-state index in [1.807, 2.05) is 0 Å². The fraction of sp³-hybridized carbons (Fsp3) is 0.0833. The summed E-state index contributed by atoms with van der Waals surface area (Å²) >= 11 is 4.10. The van der Waals surface area contributed by atoms with Gasteiger partial charge >= 0.3 is 0 Å². The van der Waals surface area contributed by atoms with E-state index in [4.69, 9.17) is 8.83 Å². The Bertz CT molecular complexity index is 771. The predicted molar refractivity (Wildman–Crippen MR) is 83.9 cm³/mol. The summed E-state index contributed by atoms with van der Waals surface area (Å²) in [6.45, 7) is 0. The number of anilines is 1. The van der Waals surface area contributed by atoms with E-state index < -0.39 is 10.0 Å². The fourth-order valence-corrected chi connectivity index (χ4v) is 3.73. The van der Waals surface area contributed by atoms with Gasteiger partial charge in [0, 0.05) is 0 Å². The number of furan rings is 2. The molecule has 0 aliphatic carbocycles. The minimum atomic E-state index is -3.46. The molecular weight excluding hydrogens is 380 g/mol. The maximum absolute atomic E-state index is 11.6. The van der Waals surface area contributed by atoms with Crippen molar-refractivity contribution in [2.24, 2.45) is 0 Å². The summed E-state index contributed by atoms with van der Waals surface area (Å²) in [6, 6.07) is 7.03. The quantitative estimate of drug-likeness (QED) is 0.672. The number of alkyl halides is 1. The first kappa shape index (κ1) is 14.4. The van der Waals surface area contributed by atoms with E-state index in [2.05, 4.69) is 25.6 Å². The number of hydrogen-bond acceptors (Lipinski definition) is 6. The SMILES string of the molecule is O=S(=O)(CBr)Nc1nc(-c2ccco2)c(-c2ccco2)s1. The highest BCUT2D eigenvalue weighted by molar-refractivity contribution is 9.10. The average Bonchev–Trinajstić information content (AvgIpc) is 3.19. The van der Waals surface area contributed by atoms with Crippen LogP contribution in [0.2, 0.25) is 0 Å². The molecule has 0 radical (unpaired) electrons. The second-order valence-electron chi connectivity index (χ2n) is 3.98. The first-order valence-electron chi connectivity index (χ1n) is 5.74. The molecule has 0 aliphatic rings. The van der Waals surface area contributed by atoms with Crippen molar-refractivity contribution in [1.29, 1.82) is 0 Å². The third-order valence-electron chi connectivity index (χ3n) is 2.51. The fourth-order valence-electron chi connectivity index (χ4n) is 1.68. The molecule has 0 unspecified atom stereocenters. The van der Waals surface area contributed by atoms with Crippen LogP contribution >= 0.6 is 27.3 Å². The molecule has 6 nitrogen and oxygen atoms in total. The number of thiazole rings is 1. The van der Waals surface area contributed by atoms with E-state index in [0.29, 0.717) is 22.1 Å². The Morgan fingerprint density at radius 1 is 1.19 bits per heavy atom. The molecule has 3 rings (SSSR count). The van der Waals surface area contributed by atoms with Gasteiger partial charge < -0.3 is 8.83 Å². The normalized spacial score (nSPS) is 11.7. The molecule has 3 heterocycles. The van der Waals surface area contributed by atoms with Gasteiger partial charge in [0.25, 0.3) is 0 Å². The average molecular weight is 389 g/mol. The standard InChI is InChI=1S/C12H9BrN2O4S2/c13-7-21(16,17)15-12-14-10(8-3-1-5-18-8)11(20-12)9-4-2-6-19-9/h1-6H,7H2,(H,14,15). The van der Waals surface area contributed by atoms with E-state index in [1.54, 1.807) is 30.5 Å². The van der Waals surface area contributed by atoms with Crippen LogP contribution in [0.25, 0.3) is 22.1 Å². The first-order valence-corrected chi connectivity index (χ1v) is 9.33. The van der Waals surface area contributed by atoms with E-state index in [0.717, 1.165) is 0 Å². The van der Waals surface area contributed by atoms with Crippen LogP contribution in [0.5, 0.6) is 0 Å². The van der Waals surface area contributed by atoms with Gasteiger partial charge in [-0.25, -0.2) is 13.4 Å². The Balaban J connectivity index is 2.08. The molecule has 0 saturated heterocycles. The third kappa shape index (κ3) is 3.04. The van der Waals surface area contributed by atoms with Crippen molar-refractivity contribution in [3.8, 4) is 22.1 Å². The lowest BCUT2D eigenvalue weighted by Crippen LogP contribution is -2.12. The molecule has 0 fully saturated rings. The lowest BCUT2D eigenvalue weighted by molar-refractivity contribution is 0.575. The number of nitrogens with one attached hydrogen (secondary N) is 1. The molecule has 1 N–H and O–H groups in total. The highest BCUT2D eigenvalue weighted by atomic mass is 79.9. The van der Waals surface area contributed by atoms with Crippen molar-refractivity contribution in [3.05, 3.63) is 36.8 Å². The van der Waals surface area contributed by atoms with Gasteiger partial charge in [0.1, 0.15) is 21.0 Å². The summed E-state index contributed by atoms with van der Waals surface area (Å²) < 4.78 is 36.2. The summed E-state index contributed by atoms with van der Waals surface area (Å²) in [7, 11) is -3.46. The molecule has 21 heavy (non-hydrogen) atoms. The lowest BCUT2D eigenvalue weighted by atomic mass is 10.2. The Kier molecular flexibility index (Phi) is 3.87. The topological polar surface area (TPSA) is 85.3 Å². The van der Waals surface area contributed by atoms with E-state index in [1.165, 1.54) is 17.6 Å². The van der Waals surface area contributed by atoms with Gasteiger partial charge in [-0.15, -0.1) is 0 Å². The molecule has 110 valence electrons. The summed E-state index contributed by atoms with van der Waals surface area (Å²) in [6.07, 6.45) is 3.08. The Morgan fingerprint density at radius 2 is 1.86 bits per heavy atom. The number of hydrogen-bond donors (Lipinski definition) is 1. The number of halogens is 1. The van der Waals surface area contributed by atoms with E-state index >= 15 is 0 Å². The summed E-state index contributed by atoms with van der Waals surface area (Å²) in [5.74, 6) is 1.14. The van der Waals surface area contributed by atoms with Crippen LogP contribution < -0.4 is 4.72 Å². The van der Waals surface area contributed by atoms with Gasteiger partial charge in [-0.1, -0.05) is 27.3 Å². The molecule has 0 aliphatic heterocycles. The van der Waals surface area contributed by atoms with Crippen LogP contribution in [0.15, 0.2) is 45.6 Å². The van der Waals surface area contributed by atoms with Crippen molar-refractivity contribution in [2.45, 2.75) is 0 Å². The van der Waals surface area contributed by atoms with Gasteiger partial charge in [0.15, 0.2) is 10.9 Å². The van der Waals surface area contributed by atoms with Crippen molar-refractivity contribution >= 4 is 42.4 Å². The monoisotopic (exact) mass is 388 g/mol. The Labute approximate surface area is 133 Å². The van der Waals surface area contributed by atoms with Crippen LogP contribution in [-0.4, -0.2) is 18.1 Å².